The lowest BCUT2D eigenvalue weighted by atomic mass is 9.93. The molecule has 0 spiro atoms. The molecule has 2 N–H and O–H groups in total. The Hall–Kier alpha value is -0.650. The molecule has 0 atom stereocenters. The summed E-state index contributed by atoms with van der Waals surface area (Å²) >= 11 is 0. The second-order valence-corrected chi connectivity index (χ2v) is 4.97. The van der Waals surface area contributed by atoms with E-state index < -0.39 is 0 Å². The van der Waals surface area contributed by atoms with Crippen LogP contribution in [0.25, 0.3) is 0 Å². The normalized spacial score (nSPS) is 11.6. The zero-order valence-corrected chi connectivity index (χ0v) is 11.5. The van der Waals surface area contributed by atoms with Crippen LogP contribution in [-0.4, -0.2) is 57.9 Å². The molecule has 0 fully saturated rings. The Labute approximate surface area is 104 Å². The minimum absolute atomic E-state index is 0.0404. The van der Waals surface area contributed by atoms with Crippen LogP contribution in [-0.2, 0) is 14.3 Å². The summed E-state index contributed by atoms with van der Waals surface area (Å²) in [7, 11) is 3.42. The highest BCUT2D eigenvalue weighted by Crippen LogP contribution is 2.14. The summed E-state index contributed by atoms with van der Waals surface area (Å²) in [6, 6.07) is 0. The van der Waals surface area contributed by atoms with Crippen molar-refractivity contribution < 1.29 is 14.3 Å². The quantitative estimate of drug-likeness (QED) is 0.601. The van der Waals surface area contributed by atoms with E-state index in [2.05, 4.69) is 0 Å². The molecule has 0 aliphatic rings. The highest BCUT2D eigenvalue weighted by molar-refractivity contribution is 5.76. The monoisotopic (exact) mass is 246 g/mol. The Balaban J connectivity index is 3.75. The lowest BCUT2D eigenvalue weighted by Gasteiger charge is -2.29. The van der Waals surface area contributed by atoms with Gasteiger partial charge in [0.25, 0.3) is 0 Å². The van der Waals surface area contributed by atoms with Gasteiger partial charge < -0.3 is 20.1 Å². The minimum Gasteiger partial charge on any atom is -0.382 e. The molecule has 5 heteroatoms. The van der Waals surface area contributed by atoms with Gasteiger partial charge in [0, 0.05) is 20.7 Å². The van der Waals surface area contributed by atoms with Crippen LogP contribution in [0.3, 0.4) is 0 Å². The van der Waals surface area contributed by atoms with Crippen LogP contribution < -0.4 is 5.73 Å². The van der Waals surface area contributed by atoms with Crippen molar-refractivity contribution in [1.29, 1.82) is 0 Å². The molecule has 0 aliphatic carbocycles. The molecule has 0 saturated heterocycles. The first-order valence-electron chi connectivity index (χ1n) is 5.93. The summed E-state index contributed by atoms with van der Waals surface area (Å²) in [5.74, 6) is 0.0870. The van der Waals surface area contributed by atoms with Crippen molar-refractivity contribution in [1.82, 2.24) is 4.90 Å². The van der Waals surface area contributed by atoms with Gasteiger partial charge in [0.05, 0.1) is 26.2 Å². The summed E-state index contributed by atoms with van der Waals surface area (Å²) < 4.78 is 10.1. The summed E-state index contributed by atoms with van der Waals surface area (Å²) in [6.45, 7) is 6.86. The fourth-order valence-electron chi connectivity index (χ4n) is 1.39. The predicted molar refractivity (Wildman–Crippen MR) is 67.8 cm³/mol. The lowest BCUT2D eigenvalue weighted by molar-refractivity contribution is -0.132. The number of nitrogens with zero attached hydrogens (tertiary/aromatic N) is 1. The van der Waals surface area contributed by atoms with Gasteiger partial charge in [-0.25, -0.2) is 0 Å². The molecular formula is C12H26N2O3. The third-order valence-electron chi connectivity index (χ3n) is 2.54. The standard InChI is InChI=1S/C12H26N2O3/c1-12(2,9-13)10-14(3)11(15)5-6-17-8-7-16-4/h5-10,13H2,1-4H3. The second kappa shape index (κ2) is 8.44. The molecule has 0 bridgehead atoms. The SMILES string of the molecule is COCCOCCC(=O)N(C)CC(C)(C)CN. The molecule has 0 aliphatic heterocycles. The number of hydrogen-bond acceptors (Lipinski definition) is 4. The maximum atomic E-state index is 11.7. The smallest absolute Gasteiger partial charge is 0.224 e. The molecule has 1 amide bonds. The van der Waals surface area contributed by atoms with E-state index in [1.54, 1.807) is 19.1 Å². The highest BCUT2D eigenvalue weighted by atomic mass is 16.5. The summed E-state index contributed by atoms with van der Waals surface area (Å²) in [6.07, 6.45) is 0.404. The van der Waals surface area contributed by atoms with Crippen LogP contribution >= 0.6 is 0 Å². The Morgan fingerprint density at radius 3 is 2.47 bits per heavy atom. The first kappa shape index (κ1) is 16.4. The van der Waals surface area contributed by atoms with Crippen molar-refractivity contribution in [3.8, 4) is 0 Å². The first-order chi connectivity index (χ1) is 7.93. The van der Waals surface area contributed by atoms with Gasteiger partial charge in [0.15, 0.2) is 0 Å². The van der Waals surface area contributed by atoms with E-state index in [0.29, 0.717) is 39.3 Å². The fourth-order valence-corrected chi connectivity index (χ4v) is 1.39. The molecule has 0 aromatic heterocycles. The molecule has 0 unspecified atom stereocenters. The Bertz CT molecular complexity index is 220. The van der Waals surface area contributed by atoms with Gasteiger partial charge in [-0.3, -0.25) is 4.79 Å². The molecule has 5 nitrogen and oxygen atoms in total. The molecule has 102 valence electrons. The molecule has 0 radical (unpaired) electrons. The summed E-state index contributed by atoms with van der Waals surface area (Å²) in [5.41, 5.74) is 5.59. The van der Waals surface area contributed by atoms with E-state index in [1.165, 1.54) is 0 Å². The third kappa shape index (κ3) is 8.12. The zero-order valence-electron chi connectivity index (χ0n) is 11.5. The van der Waals surface area contributed by atoms with Crippen molar-refractivity contribution in [2.45, 2.75) is 20.3 Å². The Kier molecular flexibility index (Phi) is 8.12. The van der Waals surface area contributed by atoms with E-state index in [1.807, 2.05) is 13.8 Å². The molecular weight excluding hydrogens is 220 g/mol. The fraction of sp³-hybridized carbons (Fsp3) is 0.917. The zero-order chi connectivity index (χ0) is 13.3. The predicted octanol–water partition coefficient (Wildman–Crippen LogP) is 0.483. The largest absolute Gasteiger partial charge is 0.382 e. The summed E-state index contributed by atoms with van der Waals surface area (Å²) in [4.78, 5) is 13.5. The van der Waals surface area contributed by atoms with Crippen LogP contribution in [0, 0.1) is 5.41 Å². The molecule has 0 aromatic carbocycles. The molecule has 17 heavy (non-hydrogen) atoms. The lowest BCUT2D eigenvalue weighted by Crippen LogP contribution is -2.40. The maximum Gasteiger partial charge on any atom is 0.224 e. The van der Waals surface area contributed by atoms with Crippen LogP contribution in [0.2, 0.25) is 0 Å². The number of rotatable bonds is 9. The second-order valence-electron chi connectivity index (χ2n) is 4.97. The minimum atomic E-state index is -0.0404. The molecule has 0 heterocycles. The number of methoxy groups -OCH3 is 1. The first-order valence-corrected chi connectivity index (χ1v) is 5.93. The van der Waals surface area contributed by atoms with Crippen molar-refractivity contribution in [3.63, 3.8) is 0 Å². The number of nitrogens with two attached hydrogens (primary N) is 1. The Morgan fingerprint density at radius 2 is 1.94 bits per heavy atom. The van der Waals surface area contributed by atoms with Crippen molar-refractivity contribution in [2.24, 2.45) is 11.1 Å². The van der Waals surface area contributed by atoms with Gasteiger partial charge in [-0.05, 0) is 12.0 Å². The number of hydrogen-bond donors (Lipinski definition) is 1. The van der Waals surface area contributed by atoms with E-state index in [9.17, 15) is 4.79 Å². The van der Waals surface area contributed by atoms with Gasteiger partial charge >= 0.3 is 0 Å². The molecule has 0 saturated carbocycles. The van der Waals surface area contributed by atoms with Crippen molar-refractivity contribution >= 4 is 5.91 Å². The van der Waals surface area contributed by atoms with Crippen LogP contribution in [0.1, 0.15) is 20.3 Å². The maximum absolute atomic E-state index is 11.7. The third-order valence-corrected chi connectivity index (χ3v) is 2.54. The van der Waals surface area contributed by atoms with Gasteiger partial charge in [-0.15, -0.1) is 0 Å². The van der Waals surface area contributed by atoms with Crippen LogP contribution in [0.5, 0.6) is 0 Å². The van der Waals surface area contributed by atoms with E-state index >= 15 is 0 Å². The van der Waals surface area contributed by atoms with Gasteiger partial charge in [0.2, 0.25) is 5.91 Å². The molecule has 0 aromatic rings. The van der Waals surface area contributed by atoms with Crippen molar-refractivity contribution in [3.05, 3.63) is 0 Å². The number of amides is 1. The van der Waals surface area contributed by atoms with Gasteiger partial charge in [0.1, 0.15) is 0 Å². The van der Waals surface area contributed by atoms with E-state index in [4.69, 9.17) is 15.2 Å². The van der Waals surface area contributed by atoms with E-state index in [-0.39, 0.29) is 11.3 Å². The van der Waals surface area contributed by atoms with Gasteiger partial charge in [-0.2, -0.15) is 0 Å². The van der Waals surface area contributed by atoms with Gasteiger partial charge in [-0.1, -0.05) is 13.8 Å². The van der Waals surface area contributed by atoms with Crippen LogP contribution in [0.4, 0.5) is 0 Å². The topological polar surface area (TPSA) is 64.8 Å². The molecule has 0 rings (SSSR count). The number of ether oxygens (including phenoxy) is 2. The average molecular weight is 246 g/mol. The Morgan fingerprint density at radius 1 is 1.29 bits per heavy atom. The summed E-state index contributed by atoms with van der Waals surface area (Å²) in [5, 5.41) is 0. The number of carbonyl (C=O) groups excluding carboxylic acids is 1. The van der Waals surface area contributed by atoms with Crippen molar-refractivity contribution in [2.75, 3.05) is 47.1 Å². The van der Waals surface area contributed by atoms with E-state index in [0.717, 1.165) is 0 Å². The highest BCUT2D eigenvalue weighted by Gasteiger charge is 2.20. The van der Waals surface area contributed by atoms with Crippen LogP contribution in [0.15, 0.2) is 0 Å². The number of carbonyl (C=O) groups is 1. The average Bonchev–Trinajstić information content (AvgIpc) is 2.28.